The number of urea groups is 1. The number of rotatable bonds is 3. The van der Waals surface area contributed by atoms with Crippen LogP contribution in [0.4, 0.5) is 15.5 Å². The van der Waals surface area contributed by atoms with E-state index in [9.17, 15) is 14.4 Å². The number of benzene rings is 1. The van der Waals surface area contributed by atoms with E-state index in [1.807, 2.05) is 12.1 Å². The Hall–Kier alpha value is -1.94. The summed E-state index contributed by atoms with van der Waals surface area (Å²) in [6.45, 7) is 0. The van der Waals surface area contributed by atoms with E-state index in [1.165, 1.54) is 11.3 Å². The Kier molecular flexibility index (Phi) is 4.86. The molecule has 0 spiro atoms. The van der Waals surface area contributed by atoms with Gasteiger partial charge >= 0.3 is 6.03 Å². The van der Waals surface area contributed by atoms with Crippen LogP contribution < -0.4 is 16.4 Å². The molecule has 4 N–H and O–H groups in total. The number of nitrogens with two attached hydrogens (primary N) is 1. The van der Waals surface area contributed by atoms with Crippen LogP contribution in [0.2, 0.25) is 0 Å². The lowest BCUT2D eigenvalue weighted by Crippen LogP contribution is -2.22. The van der Waals surface area contributed by atoms with Gasteiger partial charge in [0.05, 0.1) is 5.56 Å². The van der Waals surface area contributed by atoms with Crippen LogP contribution >= 0.6 is 33.9 Å². The fraction of sp³-hybridized carbons (Fsp3) is 0.188. The lowest BCUT2D eigenvalue weighted by molar-refractivity contribution is -0.118. The molecule has 1 aromatic carbocycles. The summed E-state index contributed by atoms with van der Waals surface area (Å²) in [5.74, 6) is -0.457. The standard InChI is InChI=1S/C16H14IN3O3S/c17-8-1-3-9(4-2-8)19-16(23)20-15-13(14(18)22)11-6-5-10(21)7-12(11)24-15/h1-4H,5-7H2,(H2,18,22)(H2,19,20,23). The molecule has 0 bridgehead atoms. The van der Waals surface area contributed by atoms with E-state index in [4.69, 9.17) is 5.73 Å². The molecule has 0 saturated carbocycles. The minimum atomic E-state index is -0.591. The number of anilines is 2. The number of nitrogens with one attached hydrogen (secondary N) is 2. The van der Waals surface area contributed by atoms with Gasteiger partial charge in [-0.2, -0.15) is 0 Å². The minimum absolute atomic E-state index is 0.134. The number of carbonyl (C=O) groups is 3. The van der Waals surface area contributed by atoms with Crippen molar-refractivity contribution in [1.29, 1.82) is 0 Å². The number of thiophene rings is 1. The first-order chi connectivity index (χ1) is 11.4. The third kappa shape index (κ3) is 3.59. The molecule has 1 aromatic heterocycles. The first kappa shape index (κ1) is 16.9. The topological polar surface area (TPSA) is 101 Å². The summed E-state index contributed by atoms with van der Waals surface area (Å²) in [6.07, 6.45) is 1.18. The van der Waals surface area contributed by atoms with Crippen LogP contribution in [0.15, 0.2) is 24.3 Å². The molecule has 0 unspecified atom stereocenters. The van der Waals surface area contributed by atoms with Crippen LogP contribution in [0.1, 0.15) is 27.2 Å². The van der Waals surface area contributed by atoms with Gasteiger partial charge in [0.1, 0.15) is 10.8 Å². The van der Waals surface area contributed by atoms with E-state index < -0.39 is 11.9 Å². The Morgan fingerprint density at radius 3 is 2.50 bits per heavy atom. The molecule has 24 heavy (non-hydrogen) atoms. The second-order valence-electron chi connectivity index (χ2n) is 5.37. The number of hydrogen-bond acceptors (Lipinski definition) is 4. The van der Waals surface area contributed by atoms with Gasteiger partial charge in [-0.3, -0.25) is 14.9 Å². The summed E-state index contributed by atoms with van der Waals surface area (Å²) in [6, 6.07) is 6.87. The second kappa shape index (κ2) is 6.89. The number of ketones is 1. The summed E-state index contributed by atoms with van der Waals surface area (Å²) in [5, 5.41) is 5.78. The molecule has 1 aliphatic carbocycles. The Morgan fingerprint density at radius 1 is 1.12 bits per heavy atom. The maximum Gasteiger partial charge on any atom is 0.324 e. The van der Waals surface area contributed by atoms with Crippen molar-refractivity contribution in [1.82, 2.24) is 0 Å². The number of amides is 3. The highest BCUT2D eigenvalue weighted by molar-refractivity contribution is 14.1. The van der Waals surface area contributed by atoms with Crippen molar-refractivity contribution < 1.29 is 14.4 Å². The van der Waals surface area contributed by atoms with Crippen molar-refractivity contribution in [2.24, 2.45) is 5.73 Å². The van der Waals surface area contributed by atoms with Crippen LogP contribution in [0.25, 0.3) is 0 Å². The van der Waals surface area contributed by atoms with E-state index in [1.54, 1.807) is 12.1 Å². The Balaban J connectivity index is 1.81. The van der Waals surface area contributed by atoms with Gasteiger partial charge in [0.15, 0.2) is 0 Å². The van der Waals surface area contributed by atoms with Gasteiger partial charge in [0, 0.05) is 27.0 Å². The normalized spacial score (nSPS) is 13.3. The molecule has 3 amide bonds. The molecular weight excluding hydrogens is 441 g/mol. The van der Waals surface area contributed by atoms with Crippen LogP contribution in [0, 0.1) is 3.57 Å². The molecule has 0 fully saturated rings. The number of hydrogen-bond donors (Lipinski definition) is 3. The third-order valence-electron chi connectivity index (χ3n) is 3.68. The third-order valence-corrected chi connectivity index (χ3v) is 5.54. The number of primary amides is 1. The fourth-order valence-electron chi connectivity index (χ4n) is 2.60. The van der Waals surface area contributed by atoms with Gasteiger partial charge in [-0.05, 0) is 58.8 Å². The zero-order valence-electron chi connectivity index (χ0n) is 12.5. The Labute approximate surface area is 155 Å². The largest absolute Gasteiger partial charge is 0.365 e. The molecule has 0 saturated heterocycles. The van der Waals surface area contributed by atoms with Crippen molar-refractivity contribution in [3.05, 3.63) is 43.8 Å². The SMILES string of the molecule is NC(=O)c1c(NC(=O)Nc2ccc(I)cc2)sc2c1CCC(=O)C2. The molecule has 3 rings (SSSR count). The fourth-order valence-corrected chi connectivity index (χ4v) is 4.23. The maximum atomic E-state index is 12.2. The highest BCUT2D eigenvalue weighted by Gasteiger charge is 2.27. The van der Waals surface area contributed by atoms with Gasteiger partial charge in [0.25, 0.3) is 5.91 Å². The van der Waals surface area contributed by atoms with Crippen LogP contribution in [-0.4, -0.2) is 17.7 Å². The molecule has 8 heteroatoms. The summed E-state index contributed by atoms with van der Waals surface area (Å²) >= 11 is 3.42. The predicted molar refractivity (Wildman–Crippen MR) is 102 cm³/mol. The average Bonchev–Trinajstić information content (AvgIpc) is 2.86. The van der Waals surface area contributed by atoms with Crippen molar-refractivity contribution in [3.63, 3.8) is 0 Å². The van der Waals surface area contributed by atoms with E-state index in [2.05, 4.69) is 33.2 Å². The summed E-state index contributed by atoms with van der Waals surface area (Å²) in [5.41, 5.74) is 7.22. The molecule has 1 heterocycles. The van der Waals surface area contributed by atoms with Gasteiger partial charge in [-0.15, -0.1) is 11.3 Å². The second-order valence-corrected chi connectivity index (χ2v) is 7.72. The van der Waals surface area contributed by atoms with E-state index in [0.29, 0.717) is 35.5 Å². The van der Waals surface area contributed by atoms with Gasteiger partial charge in [-0.1, -0.05) is 0 Å². The first-order valence-corrected chi connectivity index (χ1v) is 9.13. The lowest BCUT2D eigenvalue weighted by Gasteiger charge is -2.10. The Bertz CT molecular complexity index is 830. The summed E-state index contributed by atoms with van der Waals surface area (Å²) < 4.78 is 1.06. The number of Topliss-reactive ketones (excluding diaryl/α,β-unsaturated/α-hetero) is 1. The molecule has 0 radical (unpaired) electrons. The monoisotopic (exact) mass is 455 g/mol. The minimum Gasteiger partial charge on any atom is -0.365 e. The quantitative estimate of drug-likeness (QED) is 0.620. The molecular formula is C16H14IN3O3S. The molecule has 0 aliphatic heterocycles. The van der Waals surface area contributed by atoms with E-state index in [-0.39, 0.29) is 5.78 Å². The highest BCUT2D eigenvalue weighted by Crippen LogP contribution is 2.37. The lowest BCUT2D eigenvalue weighted by atomic mass is 9.94. The van der Waals surface area contributed by atoms with E-state index >= 15 is 0 Å². The van der Waals surface area contributed by atoms with Gasteiger partial charge < -0.3 is 11.1 Å². The number of fused-ring (bicyclic) bond motifs is 1. The van der Waals surface area contributed by atoms with Crippen molar-refractivity contribution in [2.45, 2.75) is 19.3 Å². The summed E-state index contributed by atoms with van der Waals surface area (Å²) in [7, 11) is 0. The van der Waals surface area contributed by atoms with Crippen LogP contribution in [0.5, 0.6) is 0 Å². The summed E-state index contributed by atoms with van der Waals surface area (Å²) in [4.78, 5) is 36.4. The number of halogens is 1. The Morgan fingerprint density at radius 2 is 1.83 bits per heavy atom. The van der Waals surface area contributed by atoms with E-state index in [0.717, 1.165) is 14.0 Å². The van der Waals surface area contributed by atoms with Crippen LogP contribution in [0.3, 0.4) is 0 Å². The molecule has 1 aliphatic rings. The molecule has 6 nitrogen and oxygen atoms in total. The predicted octanol–water partition coefficient (Wildman–Crippen LogP) is 3.15. The maximum absolute atomic E-state index is 12.2. The average molecular weight is 455 g/mol. The number of carbonyl (C=O) groups excluding carboxylic acids is 3. The molecule has 124 valence electrons. The first-order valence-electron chi connectivity index (χ1n) is 7.23. The highest BCUT2D eigenvalue weighted by atomic mass is 127. The van der Waals surface area contributed by atoms with Crippen molar-refractivity contribution in [2.75, 3.05) is 10.6 Å². The van der Waals surface area contributed by atoms with Crippen molar-refractivity contribution in [3.8, 4) is 0 Å². The van der Waals surface area contributed by atoms with Gasteiger partial charge in [-0.25, -0.2) is 4.79 Å². The smallest absolute Gasteiger partial charge is 0.324 e. The molecule has 0 atom stereocenters. The molecule has 2 aromatic rings. The van der Waals surface area contributed by atoms with Crippen molar-refractivity contribution >= 4 is 62.3 Å². The zero-order valence-corrected chi connectivity index (χ0v) is 15.5. The van der Waals surface area contributed by atoms with Gasteiger partial charge in [0.2, 0.25) is 0 Å². The van der Waals surface area contributed by atoms with Crippen LogP contribution in [-0.2, 0) is 17.6 Å². The zero-order chi connectivity index (χ0) is 17.3.